The van der Waals surface area contributed by atoms with Crippen LogP contribution in [0.25, 0.3) is 5.70 Å². The minimum atomic E-state index is -1.26. The van der Waals surface area contributed by atoms with Crippen LogP contribution >= 0.6 is 34.7 Å². The van der Waals surface area contributed by atoms with Crippen molar-refractivity contribution in [1.29, 1.82) is 0 Å². The molecule has 0 unspecified atom stereocenters. The number of halogens is 1. The highest BCUT2D eigenvalue weighted by atomic mass is 35.5. The number of carbonyl (C=O) groups excluding carboxylic acids is 3. The van der Waals surface area contributed by atoms with E-state index in [4.69, 9.17) is 21.5 Å². The molecule has 1 saturated heterocycles. The molecule has 4 aromatic rings. The number of nitrogens with zero attached hydrogens (tertiary/aromatic N) is 7. The number of hydrogen-bond acceptors (Lipinski definition) is 11. The van der Waals surface area contributed by atoms with Crippen molar-refractivity contribution in [3.63, 3.8) is 0 Å². The Bertz CT molecular complexity index is 1840. The Balaban J connectivity index is 1.27. The Hall–Kier alpha value is -4.40. The van der Waals surface area contributed by atoms with Crippen LogP contribution in [0.3, 0.4) is 0 Å². The van der Waals surface area contributed by atoms with Gasteiger partial charge in [-0.25, -0.2) is 4.98 Å². The summed E-state index contributed by atoms with van der Waals surface area (Å²) in [5.41, 5.74) is 2.09. The number of hydrogen-bond donors (Lipinski definition) is 1. The van der Waals surface area contributed by atoms with E-state index in [1.807, 2.05) is 60.7 Å². The second-order valence-electron chi connectivity index (χ2n) is 11.5. The lowest BCUT2D eigenvalue weighted by molar-refractivity contribution is -0.143. The predicted octanol–water partition coefficient (Wildman–Crippen LogP) is 4.21. The molecule has 47 heavy (non-hydrogen) atoms. The number of alkyl halides is 1. The van der Waals surface area contributed by atoms with Crippen molar-refractivity contribution in [3.8, 4) is 0 Å². The minimum Gasteiger partial charge on any atom is -0.381 e. The first-order valence-electron chi connectivity index (χ1n) is 14.7. The van der Waals surface area contributed by atoms with Gasteiger partial charge in [-0.1, -0.05) is 65.8 Å². The Kier molecular flexibility index (Phi) is 9.26. The van der Waals surface area contributed by atoms with Gasteiger partial charge in [-0.05, 0) is 49.6 Å². The fourth-order valence-corrected chi connectivity index (χ4v) is 7.34. The zero-order chi connectivity index (χ0) is 33.3. The van der Waals surface area contributed by atoms with Crippen molar-refractivity contribution < 1.29 is 19.2 Å². The van der Waals surface area contributed by atoms with E-state index in [0.717, 1.165) is 16.7 Å². The lowest BCUT2D eigenvalue weighted by Gasteiger charge is -2.49. The monoisotopic (exact) mass is 690 g/mol. The summed E-state index contributed by atoms with van der Waals surface area (Å²) in [6.07, 6.45) is 0. The van der Waals surface area contributed by atoms with Crippen LogP contribution in [-0.4, -0.2) is 82.1 Å². The van der Waals surface area contributed by atoms with Crippen molar-refractivity contribution in [2.24, 2.45) is 5.16 Å². The van der Waals surface area contributed by atoms with E-state index in [0.29, 0.717) is 16.5 Å². The lowest BCUT2D eigenvalue weighted by atomic mass is 9.99. The van der Waals surface area contributed by atoms with Crippen LogP contribution in [0.1, 0.15) is 54.5 Å². The summed E-state index contributed by atoms with van der Waals surface area (Å²) in [6, 6.07) is 18.5. The molecular formula is C32H31ClN8O4S2. The number of fused-ring (bicyclic) bond motifs is 1. The number of tetrazole rings is 1. The molecule has 2 aromatic heterocycles. The summed E-state index contributed by atoms with van der Waals surface area (Å²) in [6.45, 7) is 6.29. The van der Waals surface area contributed by atoms with Crippen LogP contribution in [0.5, 0.6) is 0 Å². The molecule has 242 valence electrons. The van der Waals surface area contributed by atoms with Gasteiger partial charge >= 0.3 is 0 Å². The highest BCUT2D eigenvalue weighted by Crippen LogP contribution is 2.43. The number of β-lactam (4-membered cyclic amide) rings is 1. The normalized spacial score (nSPS) is 18.2. The number of thiazole rings is 1. The lowest BCUT2D eigenvalue weighted by Crippen LogP contribution is -2.70. The van der Waals surface area contributed by atoms with Crippen LogP contribution < -0.4 is 5.32 Å². The molecule has 0 aliphatic carbocycles. The van der Waals surface area contributed by atoms with E-state index in [2.05, 4.69) is 25.8 Å². The molecule has 0 bridgehead atoms. The zero-order valence-corrected chi connectivity index (χ0v) is 28.3. The molecule has 1 fully saturated rings. The van der Waals surface area contributed by atoms with E-state index in [1.165, 1.54) is 30.0 Å². The Morgan fingerprint density at radius 1 is 1.13 bits per heavy atom. The fourth-order valence-electron chi connectivity index (χ4n) is 5.07. The molecule has 15 heteroatoms. The van der Waals surface area contributed by atoms with Crippen LogP contribution in [-0.2, 0) is 19.2 Å². The number of oxime groups is 1. The van der Waals surface area contributed by atoms with Gasteiger partial charge in [-0.3, -0.25) is 19.3 Å². The summed E-state index contributed by atoms with van der Waals surface area (Å²) in [4.78, 5) is 52.3. The van der Waals surface area contributed by atoms with Crippen molar-refractivity contribution >= 4 is 63.7 Å². The number of carbonyl (C=O) groups is 3. The Labute approximate surface area is 284 Å². The Morgan fingerprint density at radius 2 is 1.79 bits per heavy atom. The van der Waals surface area contributed by atoms with Crippen molar-refractivity contribution in [3.05, 3.63) is 99.3 Å². The maximum Gasteiger partial charge on any atom is 0.276 e. The molecule has 2 atom stereocenters. The standard InChI is InChI=1S/C32H31ClN8O4S2/c1-18(42)32(3,4)45-38-24(23-17-46-19(2)34-23)29(43)35-25-30(44)40-27(22(15-33)16-47-31(25)40)28-36-39-41(37-28)26(20-11-7-5-8-12-20)21-13-9-6-10-14-21/h5-14,17,25-26,31H,15-16H2,1-4H3,(H,35,43)/b38-24-/t25-,31-/m1/s1. The molecular weight excluding hydrogens is 660 g/mol. The van der Waals surface area contributed by atoms with E-state index in [1.54, 1.807) is 35.8 Å². The molecule has 2 amide bonds. The SMILES string of the molecule is CC(=O)C(C)(C)O/N=C(\C(=O)N[C@@H]1C(=O)N2C(c3nnn(C(c4ccccc4)c4ccccc4)n3)=C(CCl)CS[C@H]12)c1csc(C)n1. The van der Waals surface area contributed by atoms with E-state index in [-0.39, 0.29) is 40.8 Å². The predicted molar refractivity (Wildman–Crippen MR) is 180 cm³/mol. The van der Waals surface area contributed by atoms with Crippen LogP contribution in [0.4, 0.5) is 0 Å². The van der Waals surface area contributed by atoms with Crippen LogP contribution in [0.2, 0.25) is 0 Å². The first-order chi connectivity index (χ1) is 22.6. The minimum absolute atomic E-state index is 0.134. The molecule has 4 heterocycles. The summed E-state index contributed by atoms with van der Waals surface area (Å²) in [5, 5.41) is 22.4. The quantitative estimate of drug-likeness (QED) is 0.106. The average Bonchev–Trinajstić information content (AvgIpc) is 3.73. The number of aromatic nitrogens is 5. The summed E-state index contributed by atoms with van der Waals surface area (Å²) in [7, 11) is 0. The van der Waals surface area contributed by atoms with Crippen molar-refractivity contribution in [1.82, 2.24) is 35.4 Å². The summed E-state index contributed by atoms with van der Waals surface area (Å²) >= 11 is 9.18. The second-order valence-corrected chi connectivity index (χ2v) is 13.9. The van der Waals surface area contributed by atoms with E-state index < -0.39 is 22.9 Å². The molecule has 2 aromatic carbocycles. The molecule has 2 aliphatic rings. The largest absolute Gasteiger partial charge is 0.381 e. The number of nitrogens with one attached hydrogen (secondary N) is 1. The van der Waals surface area contributed by atoms with Crippen LogP contribution in [0.15, 0.2) is 76.8 Å². The molecule has 0 spiro atoms. The van der Waals surface area contributed by atoms with Crippen molar-refractivity contribution in [2.45, 2.75) is 50.8 Å². The fraction of sp³-hybridized carbons (Fsp3) is 0.312. The van der Waals surface area contributed by atoms with Crippen molar-refractivity contribution in [2.75, 3.05) is 11.6 Å². The summed E-state index contributed by atoms with van der Waals surface area (Å²) < 4.78 is 0. The first-order valence-corrected chi connectivity index (χ1v) is 17.2. The third kappa shape index (κ3) is 6.45. The molecule has 0 radical (unpaired) electrons. The highest BCUT2D eigenvalue weighted by molar-refractivity contribution is 8.00. The molecule has 0 saturated carbocycles. The van der Waals surface area contributed by atoms with E-state index in [9.17, 15) is 14.4 Å². The summed E-state index contributed by atoms with van der Waals surface area (Å²) in [5.74, 6) is -0.352. The number of amides is 2. The van der Waals surface area contributed by atoms with Gasteiger partial charge in [0.1, 0.15) is 23.2 Å². The van der Waals surface area contributed by atoms with Gasteiger partial charge < -0.3 is 10.2 Å². The van der Waals surface area contributed by atoms with Gasteiger partial charge in [0.2, 0.25) is 5.82 Å². The number of Topliss-reactive ketones (excluding diaryl/α,β-unsaturated/α-hetero) is 1. The number of thioether (sulfide) groups is 1. The zero-order valence-electron chi connectivity index (χ0n) is 26.0. The van der Waals surface area contributed by atoms with Gasteiger partial charge in [-0.15, -0.1) is 44.9 Å². The number of ketones is 1. The third-order valence-electron chi connectivity index (χ3n) is 7.89. The maximum absolute atomic E-state index is 13.7. The highest BCUT2D eigenvalue weighted by Gasteiger charge is 2.54. The number of rotatable bonds is 11. The van der Waals surface area contributed by atoms with Gasteiger partial charge in [0.25, 0.3) is 11.8 Å². The second kappa shape index (κ2) is 13.4. The smallest absolute Gasteiger partial charge is 0.276 e. The molecule has 2 aliphatic heterocycles. The first kappa shape index (κ1) is 32.5. The van der Waals surface area contributed by atoms with Crippen LogP contribution in [0, 0.1) is 6.92 Å². The maximum atomic E-state index is 13.7. The Morgan fingerprint density at radius 3 is 2.36 bits per heavy atom. The van der Waals surface area contributed by atoms with Gasteiger partial charge in [0, 0.05) is 17.0 Å². The molecule has 12 nitrogen and oxygen atoms in total. The molecule has 6 rings (SSSR count). The van der Waals surface area contributed by atoms with Gasteiger partial charge in [0.15, 0.2) is 17.1 Å². The van der Waals surface area contributed by atoms with E-state index >= 15 is 0 Å². The average molecular weight is 691 g/mol. The third-order valence-corrected chi connectivity index (χ3v) is 10.3. The number of benzene rings is 2. The number of aryl methyl sites for hydroxylation is 1. The van der Waals surface area contributed by atoms with Gasteiger partial charge in [-0.2, -0.15) is 4.80 Å². The van der Waals surface area contributed by atoms with Gasteiger partial charge in [0.05, 0.1) is 10.7 Å². The topological polar surface area (TPSA) is 145 Å². The molecule has 1 N–H and O–H groups in total.